The van der Waals surface area contributed by atoms with Gasteiger partial charge in [-0.2, -0.15) is 5.10 Å². The highest BCUT2D eigenvalue weighted by Gasteiger charge is 2.31. The van der Waals surface area contributed by atoms with E-state index in [9.17, 15) is 23.1 Å². The van der Waals surface area contributed by atoms with Crippen molar-refractivity contribution in [2.24, 2.45) is 0 Å². The molecule has 0 aliphatic heterocycles. The van der Waals surface area contributed by atoms with Crippen LogP contribution in [0.4, 0.5) is 18.0 Å². The van der Waals surface area contributed by atoms with Gasteiger partial charge in [0.2, 0.25) is 0 Å². The van der Waals surface area contributed by atoms with Crippen LogP contribution in [0.3, 0.4) is 0 Å². The molecule has 1 aromatic heterocycles. The van der Waals surface area contributed by atoms with Gasteiger partial charge >= 0.3 is 12.5 Å². The number of alkyl halides is 3. The number of rotatable bonds is 7. The number of benzene rings is 2. The number of fused-ring (bicyclic) bond motifs is 1. The third-order valence-electron chi connectivity index (χ3n) is 4.57. The van der Waals surface area contributed by atoms with Crippen LogP contribution in [0.25, 0.3) is 22.2 Å². The van der Waals surface area contributed by atoms with E-state index in [1.54, 1.807) is 37.6 Å². The van der Waals surface area contributed by atoms with Crippen molar-refractivity contribution < 1.29 is 32.5 Å². The Bertz CT molecular complexity index is 1100. The third kappa shape index (κ3) is 6.85. The number of carbonyl (C=O) groups is 1. The number of ether oxygens (including phenoxy) is 2. The summed E-state index contributed by atoms with van der Waals surface area (Å²) in [5.74, 6) is -0.320. The second-order valence-electron chi connectivity index (χ2n) is 8.44. The number of nitrogens with zero attached hydrogens (tertiary/aromatic N) is 2. The van der Waals surface area contributed by atoms with Gasteiger partial charge in [-0.15, -0.1) is 13.2 Å². The Morgan fingerprint density at radius 1 is 1.12 bits per heavy atom. The normalized spacial score (nSPS) is 12.1. The van der Waals surface area contributed by atoms with Gasteiger partial charge < -0.3 is 19.9 Å². The Morgan fingerprint density at radius 3 is 2.42 bits per heavy atom. The van der Waals surface area contributed by atoms with Gasteiger partial charge in [0.25, 0.3) is 0 Å². The lowest BCUT2D eigenvalue weighted by atomic mass is 10.1. The van der Waals surface area contributed by atoms with E-state index in [0.29, 0.717) is 36.3 Å². The van der Waals surface area contributed by atoms with Crippen molar-refractivity contribution in [1.29, 1.82) is 0 Å². The summed E-state index contributed by atoms with van der Waals surface area (Å²) in [5, 5.41) is 17.6. The Labute approximate surface area is 189 Å². The summed E-state index contributed by atoms with van der Waals surface area (Å²) in [6.45, 7) is 6.06. The van der Waals surface area contributed by atoms with E-state index in [1.165, 1.54) is 24.3 Å². The molecule has 0 fully saturated rings. The number of amides is 1. The molecule has 0 saturated carbocycles. The van der Waals surface area contributed by atoms with E-state index in [2.05, 4.69) is 15.2 Å². The van der Waals surface area contributed by atoms with Crippen LogP contribution < -0.4 is 10.1 Å². The highest BCUT2D eigenvalue weighted by atomic mass is 19.4. The molecule has 10 heteroatoms. The Morgan fingerprint density at radius 2 is 1.82 bits per heavy atom. The van der Waals surface area contributed by atoms with E-state index < -0.39 is 18.1 Å². The molecule has 1 amide bonds. The fourth-order valence-electron chi connectivity index (χ4n) is 3.26. The Balaban J connectivity index is 1.79. The quantitative estimate of drug-likeness (QED) is 0.479. The minimum atomic E-state index is -4.76. The zero-order valence-corrected chi connectivity index (χ0v) is 18.6. The number of aliphatic hydroxyl groups excluding tert-OH is 1. The zero-order chi connectivity index (χ0) is 24.2. The number of nitrogens with one attached hydrogen (secondary N) is 1. The van der Waals surface area contributed by atoms with Crippen LogP contribution in [0, 0.1) is 0 Å². The van der Waals surface area contributed by atoms with Crippen LogP contribution in [0.1, 0.15) is 32.8 Å². The van der Waals surface area contributed by atoms with Crippen LogP contribution in [-0.2, 0) is 17.9 Å². The first kappa shape index (κ1) is 24.4. The highest BCUT2D eigenvalue weighted by Crippen LogP contribution is 2.31. The lowest BCUT2D eigenvalue weighted by Gasteiger charge is -2.19. The fourth-order valence-corrected chi connectivity index (χ4v) is 3.26. The summed E-state index contributed by atoms with van der Waals surface area (Å²) in [6.07, 6.45) is -4.68. The summed E-state index contributed by atoms with van der Waals surface area (Å²) in [5.41, 5.74) is 2.08. The molecule has 3 aromatic rings. The number of aliphatic hydroxyl groups is 1. The van der Waals surface area contributed by atoms with Gasteiger partial charge in [0, 0.05) is 24.0 Å². The number of aryl methyl sites for hydroxylation is 1. The summed E-state index contributed by atoms with van der Waals surface area (Å²) in [7, 11) is 0. The van der Waals surface area contributed by atoms with Gasteiger partial charge in [-0.05, 0) is 69.2 Å². The summed E-state index contributed by atoms with van der Waals surface area (Å²) < 4.78 is 48.2. The fraction of sp³-hybridized carbons (Fsp3) is 0.391. The number of aromatic nitrogens is 2. The maximum absolute atomic E-state index is 12.4. The van der Waals surface area contributed by atoms with Crippen molar-refractivity contribution in [2.75, 3.05) is 6.54 Å². The van der Waals surface area contributed by atoms with Gasteiger partial charge in [-0.25, -0.2) is 4.79 Å². The predicted octanol–water partition coefficient (Wildman–Crippen LogP) is 5.01. The van der Waals surface area contributed by atoms with E-state index in [0.717, 1.165) is 10.9 Å². The molecular weight excluding hydrogens is 439 g/mol. The molecule has 0 aliphatic rings. The SMILES string of the molecule is CC(C)(C)OC(=O)NCCCn1nc(-c2ccc(OC(F)(F)F)cc2)c2cc(CO)ccc21. The molecule has 3 rings (SSSR count). The number of halogens is 3. The molecule has 0 radical (unpaired) electrons. The van der Waals surface area contributed by atoms with Crippen LogP contribution in [-0.4, -0.2) is 39.5 Å². The summed E-state index contributed by atoms with van der Waals surface area (Å²) in [4.78, 5) is 11.8. The van der Waals surface area contributed by atoms with Gasteiger partial charge in [0.15, 0.2) is 0 Å². The highest BCUT2D eigenvalue weighted by molar-refractivity contribution is 5.93. The van der Waals surface area contributed by atoms with E-state index in [1.807, 2.05) is 6.07 Å². The van der Waals surface area contributed by atoms with Gasteiger partial charge in [-0.3, -0.25) is 4.68 Å². The molecule has 178 valence electrons. The van der Waals surface area contributed by atoms with Gasteiger partial charge in [0.05, 0.1) is 12.1 Å². The molecule has 7 nitrogen and oxygen atoms in total. The third-order valence-corrected chi connectivity index (χ3v) is 4.57. The molecule has 0 unspecified atom stereocenters. The molecule has 0 saturated heterocycles. The summed E-state index contributed by atoms with van der Waals surface area (Å²) >= 11 is 0. The van der Waals surface area contributed by atoms with Crippen LogP contribution in [0.5, 0.6) is 5.75 Å². The van der Waals surface area contributed by atoms with E-state index in [4.69, 9.17) is 4.74 Å². The van der Waals surface area contributed by atoms with Crippen molar-refractivity contribution in [2.45, 2.75) is 52.3 Å². The van der Waals surface area contributed by atoms with Crippen molar-refractivity contribution in [3.8, 4) is 17.0 Å². The molecule has 33 heavy (non-hydrogen) atoms. The molecule has 0 bridgehead atoms. The van der Waals surface area contributed by atoms with E-state index >= 15 is 0 Å². The second-order valence-corrected chi connectivity index (χ2v) is 8.44. The predicted molar refractivity (Wildman–Crippen MR) is 117 cm³/mol. The molecule has 1 heterocycles. The van der Waals surface area contributed by atoms with Gasteiger partial charge in [0.1, 0.15) is 17.0 Å². The zero-order valence-electron chi connectivity index (χ0n) is 18.6. The topological polar surface area (TPSA) is 85.6 Å². The van der Waals surface area contributed by atoms with E-state index in [-0.39, 0.29) is 12.4 Å². The van der Waals surface area contributed by atoms with Crippen LogP contribution >= 0.6 is 0 Å². The lowest BCUT2D eigenvalue weighted by Crippen LogP contribution is -2.33. The molecule has 2 aromatic carbocycles. The largest absolute Gasteiger partial charge is 0.573 e. The van der Waals surface area contributed by atoms with Gasteiger partial charge in [-0.1, -0.05) is 6.07 Å². The molecular formula is C23H26F3N3O4. The van der Waals surface area contributed by atoms with Crippen LogP contribution in [0.15, 0.2) is 42.5 Å². The van der Waals surface area contributed by atoms with Crippen molar-refractivity contribution in [1.82, 2.24) is 15.1 Å². The van der Waals surface area contributed by atoms with Crippen molar-refractivity contribution in [3.63, 3.8) is 0 Å². The second kappa shape index (κ2) is 9.70. The molecule has 0 atom stereocenters. The first-order chi connectivity index (χ1) is 15.4. The Kier molecular flexibility index (Phi) is 7.16. The van der Waals surface area contributed by atoms with Crippen molar-refractivity contribution >= 4 is 17.0 Å². The summed E-state index contributed by atoms with van der Waals surface area (Å²) in [6, 6.07) is 10.9. The smallest absolute Gasteiger partial charge is 0.444 e. The Hall–Kier alpha value is -3.27. The molecule has 2 N–H and O–H groups in total. The monoisotopic (exact) mass is 465 g/mol. The number of carbonyl (C=O) groups excluding carboxylic acids is 1. The van der Waals surface area contributed by atoms with Crippen LogP contribution in [0.2, 0.25) is 0 Å². The number of hydrogen-bond acceptors (Lipinski definition) is 5. The first-order valence-corrected chi connectivity index (χ1v) is 10.4. The number of hydrogen-bond donors (Lipinski definition) is 2. The minimum Gasteiger partial charge on any atom is -0.444 e. The number of alkyl carbamates (subject to hydrolysis) is 1. The minimum absolute atomic E-state index is 0.154. The lowest BCUT2D eigenvalue weighted by molar-refractivity contribution is -0.274. The average molecular weight is 465 g/mol. The average Bonchev–Trinajstić information content (AvgIpc) is 3.07. The molecule has 0 aliphatic carbocycles. The standard InChI is InChI=1S/C23H26F3N3O4/c1-22(2,3)33-21(31)27-11-4-12-29-19-10-5-15(14-30)13-18(19)20(28-29)16-6-8-17(9-7-16)32-23(24,25)26/h5-10,13,30H,4,11-12,14H2,1-3H3,(H,27,31). The first-order valence-electron chi connectivity index (χ1n) is 10.4. The maximum atomic E-state index is 12.4. The van der Waals surface area contributed by atoms with Crippen molar-refractivity contribution in [3.05, 3.63) is 48.0 Å². The maximum Gasteiger partial charge on any atom is 0.573 e. The molecule has 0 spiro atoms.